The average Bonchev–Trinajstić information content (AvgIpc) is 2.15. The van der Waals surface area contributed by atoms with Gasteiger partial charge in [-0.1, -0.05) is 6.08 Å². The second-order valence-corrected chi connectivity index (χ2v) is 5.18. The Balaban J connectivity index is 4.71. The Bertz CT molecular complexity index is 322. The molecule has 2 amide bonds. The summed E-state index contributed by atoms with van der Waals surface area (Å²) in [5, 5.41) is 14.4. The van der Waals surface area contributed by atoms with Crippen LogP contribution in [-0.4, -0.2) is 28.7 Å². The molecule has 1 unspecified atom stereocenters. The highest BCUT2D eigenvalue weighted by molar-refractivity contribution is 5.79. The molecule has 17 heavy (non-hydrogen) atoms. The number of carboxylic acid groups (broad SMARTS) is 1. The standard InChI is InChI=1S/C12H22N2O3/c1-7-8(2)13-10(17)14-12(5,6)11(3,4)9(15)16/h7-8H,1H2,2-6H3,(H,15,16)(H2,13,14,17). The van der Waals surface area contributed by atoms with Crippen LogP contribution >= 0.6 is 0 Å². The lowest BCUT2D eigenvalue weighted by Crippen LogP contribution is -2.59. The van der Waals surface area contributed by atoms with Crippen molar-refractivity contribution in [2.45, 2.75) is 46.2 Å². The van der Waals surface area contributed by atoms with Crippen molar-refractivity contribution in [3.63, 3.8) is 0 Å². The zero-order valence-electron chi connectivity index (χ0n) is 11.1. The van der Waals surface area contributed by atoms with Crippen molar-refractivity contribution in [1.29, 1.82) is 0 Å². The quantitative estimate of drug-likeness (QED) is 0.643. The van der Waals surface area contributed by atoms with Crippen molar-refractivity contribution in [3.8, 4) is 0 Å². The zero-order chi connectivity index (χ0) is 13.9. The number of hydrogen-bond acceptors (Lipinski definition) is 2. The van der Waals surface area contributed by atoms with E-state index in [4.69, 9.17) is 5.11 Å². The second-order valence-electron chi connectivity index (χ2n) is 5.18. The van der Waals surface area contributed by atoms with Crippen LogP contribution in [0, 0.1) is 5.41 Å². The third-order valence-electron chi connectivity index (χ3n) is 3.24. The number of rotatable bonds is 5. The lowest BCUT2D eigenvalue weighted by atomic mass is 9.74. The summed E-state index contributed by atoms with van der Waals surface area (Å²) >= 11 is 0. The van der Waals surface area contributed by atoms with Crippen molar-refractivity contribution in [2.24, 2.45) is 5.41 Å². The maximum atomic E-state index is 11.6. The maximum absolute atomic E-state index is 11.6. The zero-order valence-corrected chi connectivity index (χ0v) is 11.1. The van der Waals surface area contributed by atoms with Gasteiger partial charge in [0.15, 0.2) is 0 Å². The molecular formula is C12H22N2O3. The van der Waals surface area contributed by atoms with E-state index < -0.39 is 23.0 Å². The minimum absolute atomic E-state index is 0.168. The van der Waals surface area contributed by atoms with Crippen LogP contribution < -0.4 is 10.6 Å². The van der Waals surface area contributed by atoms with E-state index in [2.05, 4.69) is 17.2 Å². The molecule has 0 aromatic rings. The molecule has 0 rings (SSSR count). The molecule has 0 aromatic carbocycles. The van der Waals surface area contributed by atoms with Gasteiger partial charge in [0.1, 0.15) is 0 Å². The fourth-order valence-electron chi connectivity index (χ4n) is 1.01. The normalized spacial score (nSPS) is 13.7. The Morgan fingerprint density at radius 2 is 1.76 bits per heavy atom. The van der Waals surface area contributed by atoms with E-state index in [1.54, 1.807) is 40.7 Å². The van der Waals surface area contributed by atoms with Crippen LogP contribution in [0.2, 0.25) is 0 Å². The number of carbonyl (C=O) groups is 2. The van der Waals surface area contributed by atoms with Gasteiger partial charge in [-0.05, 0) is 34.6 Å². The van der Waals surface area contributed by atoms with Gasteiger partial charge in [0.25, 0.3) is 0 Å². The third kappa shape index (κ3) is 3.76. The lowest BCUT2D eigenvalue weighted by Gasteiger charge is -2.38. The summed E-state index contributed by atoms with van der Waals surface area (Å²) in [4.78, 5) is 22.8. The first-order valence-electron chi connectivity index (χ1n) is 5.49. The molecule has 0 radical (unpaired) electrons. The predicted octanol–water partition coefficient (Wildman–Crippen LogP) is 1.75. The van der Waals surface area contributed by atoms with Gasteiger partial charge < -0.3 is 15.7 Å². The molecule has 0 aliphatic rings. The topological polar surface area (TPSA) is 78.4 Å². The van der Waals surface area contributed by atoms with Crippen LogP contribution in [-0.2, 0) is 4.79 Å². The van der Waals surface area contributed by atoms with Gasteiger partial charge in [-0.15, -0.1) is 6.58 Å². The molecule has 5 nitrogen and oxygen atoms in total. The van der Waals surface area contributed by atoms with E-state index in [1.807, 2.05) is 0 Å². The molecule has 0 bridgehead atoms. The molecule has 3 N–H and O–H groups in total. The number of carbonyl (C=O) groups excluding carboxylic acids is 1. The highest BCUT2D eigenvalue weighted by Gasteiger charge is 2.44. The smallest absolute Gasteiger partial charge is 0.315 e. The molecule has 0 saturated carbocycles. The van der Waals surface area contributed by atoms with Crippen molar-refractivity contribution < 1.29 is 14.7 Å². The number of urea groups is 1. The monoisotopic (exact) mass is 242 g/mol. The van der Waals surface area contributed by atoms with E-state index in [0.717, 1.165) is 0 Å². The Labute approximate surface area is 102 Å². The first-order chi connectivity index (χ1) is 7.54. The van der Waals surface area contributed by atoms with Gasteiger partial charge in [0.05, 0.1) is 11.0 Å². The molecule has 0 aliphatic carbocycles. The van der Waals surface area contributed by atoms with Crippen LogP contribution in [0.3, 0.4) is 0 Å². The molecular weight excluding hydrogens is 220 g/mol. The maximum Gasteiger partial charge on any atom is 0.315 e. The van der Waals surface area contributed by atoms with Crippen molar-refractivity contribution in [1.82, 2.24) is 10.6 Å². The molecule has 0 fully saturated rings. The first-order valence-corrected chi connectivity index (χ1v) is 5.49. The molecule has 0 heterocycles. The summed E-state index contributed by atoms with van der Waals surface area (Å²) in [6.07, 6.45) is 1.59. The lowest BCUT2D eigenvalue weighted by molar-refractivity contribution is -0.150. The number of amides is 2. The molecule has 5 heteroatoms. The average molecular weight is 242 g/mol. The minimum Gasteiger partial charge on any atom is -0.481 e. The van der Waals surface area contributed by atoms with E-state index in [-0.39, 0.29) is 6.04 Å². The predicted molar refractivity (Wildman–Crippen MR) is 66.8 cm³/mol. The van der Waals surface area contributed by atoms with Gasteiger partial charge >= 0.3 is 12.0 Å². The Morgan fingerprint density at radius 1 is 1.29 bits per heavy atom. The second kappa shape index (κ2) is 5.21. The summed E-state index contributed by atoms with van der Waals surface area (Å²) in [6, 6.07) is -0.574. The third-order valence-corrected chi connectivity index (χ3v) is 3.24. The van der Waals surface area contributed by atoms with Gasteiger partial charge in [0.2, 0.25) is 0 Å². The highest BCUT2D eigenvalue weighted by Crippen LogP contribution is 2.30. The molecule has 0 aliphatic heterocycles. The minimum atomic E-state index is -1.07. The van der Waals surface area contributed by atoms with Gasteiger partial charge in [0, 0.05) is 6.04 Å². The van der Waals surface area contributed by atoms with Crippen molar-refractivity contribution >= 4 is 12.0 Å². The number of hydrogen-bond donors (Lipinski definition) is 3. The molecule has 1 atom stereocenters. The summed E-state index contributed by atoms with van der Waals surface area (Å²) in [7, 11) is 0. The number of aliphatic carboxylic acids is 1. The first kappa shape index (κ1) is 15.5. The van der Waals surface area contributed by atoms with E-state index in [9.17, 15) is 9.59 Å². The van der Waals surface area contributed by atoms with E-state index in [1.165, 1.54) is 0 Å². The van der Waals surface area contributed by atoms with Crippen LogP contribution in [0.15, 0.2) is 12.7 Å². The van der Waals surface area contributed by atoms with Crippen molar-refractivity contribution in [3.05, 3.63) is 12.7 Å². The molecule has 0 aromatic heterocycles. The summed E-state index contributed by atoms with van der Waals surface area (Å²) in [6.45, 7) is 11.8. The van der Waals surface area contributed by atoms with Gasteiger partial charge in [-0.2, -0.15) is 0 Å². The Kier molecular flexibility index (Phi) is 4.74. The molecule has 0 spiro atoms. The van der Waals surface area contributed by atoms with Crippen molar-refractivity contribution in [2.75, 3.05) is 0 Å². The number of carboxylic acids is 1. The summed E-state index contributed by atoms with van der Waals surface area (Å²) in [5.41, 5.74) is -1.94. The van der Waals surface area contributed by atoms with Crippen LogP contribution in [0.1, 0.15) is 34.6 Å². The summed E-state index contributed by atoms with van der Waals surface area (Å²) < 4.78 is 0. The number of nitrogens with one attached hydrogen (secondary N) is 2. The van der Waals surface area contributed by atoms with Crippen LogP contribution in [0.4, 0.5) is 4.79 Å². The van der Waals surface area contributed by atoms with E-state index in [0.29, 0.717) is 0 Å². The Morgan fingerprint density at radius 3 is 2.12 bits per heavy atom. The summed E-state index contributed by atoms with van der Waals surface area (Å²) in [5.74, 6) is -0.959. The van der Waals surface area contributed by atoms with Gasteiger partial charge in [-0.25, -0.2) is 4.79 Å². The largest absolute Gasteiger partial charge is 0.481 e. The fraction of sp³-hybridized carbons (Fsp3) is 0.667. The SMILES string of the molecule is C=CC(C)NC(=O)NC(C)(C)C(C)(C)C(=O)O. The fourth-order valence-corrected chi connectivity index (χ4v) is 1.01. The Hall–Kier alpha value is -1.52. The van der Waals surface area contributed by atoms with E-state index >= 15 is 0 Å². The molecule has 98 valence electrons. The highest BCUT2D eigenvalue weighted by atomic mass is 16.4. The van der Waals surface area contributed by atoms with Crippen LogP contribution in [0.5, 0.6) is 0 Å². The van der Waals surface area contributed by atoms with Crippen LogP contribution in [0.25, 0.3) is 0 Å². The van der Waals surface area contributed by atoms with Gasteiger partial charge in [-0.3, -0.25) is 4.79 Å². The molecule has 0 saturated heterocycles.